The number of carbonyl (C=O) groups is 1. The Morgan fingerprint density at radius 2 is 2.21 bits per heavy atom. The Morgan fingerprint density at radius 1 is 1.47 bits per heavy atom. The summed E-state index contributed by atoms with van der Waals surface area (Å²) in [7, 11) is 0. The van der Waals surface area contributed by atoms with E-state index in [0.29, 0.717) is 21.7 Å². The molecule has 0 bridgehead atoms. The molecule has 1 aliphatic rings. The summed E-state index contributed by atoms with van der Waals surface area (Å²) in [6.45, 7) is 6.27. The smallest absolute Gasteiger partial charge is 0.265 e. The second-order valence-corrected chi connectivity index (χ2v) is 6.62. The molecule has 1 amide bonds. The average molecular weight is 282 g/mol. The Kier molecular flexibility index (Phi) is 4.29. The van der Waals surface area contributed by atoms with Gasteiger partial charge in [-0.05, 0) is 39.0 Å². The van der Waals surface area contributed by atoms with E-state index in [9.17, 15) is 4.79 Å². The van der Waals surface area contributed by atoms with E-state index in [2.05, 4.69) is 22.5 Å². The fourth-order valence-electron chi connectivity index (χ4n) is 2.39. The van der Waals surface area contributed by atoms with E-state index in [1.807, 2.05) is 13.8 Å². The Balaban J connectivity index is 2.00. The highest BCUT2D eigenvalue weighted by Crippen LogP contribution is 2.28. The summed E-state index contributed by atoms with van der Waals surface area (Å²) in [5.74, 6) is 0.921. The fourth-order valence-corrected chi connectivity index (χ4v) is 3.33. The van der Waals surface area contributed by atoms with Crippen molar-refractivity contribution in [1.29, 1.82) is 0 Å². The van der Waals surface area contributed by atoms with Crippen molar-refractivity contribution in [2.45, 2.75) is 52.1 Å². The van der Waals surface area contributed by atoms with Crippen LogP contribution in [0.25, 0.3) is 0 Å². The van der Waals surface area contributed by atoms with Crippen LogP contribution in [0, 0.1) is 5.92 Å². The van der Waals surface area contributed by atoms with Crippen molar-refractivity contribution in [3.05, 3.63) is 4.88 Å². The van der Waals surface area contributed by atoms with Crippen molar-refractivity contribution in [3.63, 3.8) is 0 Å². The van der Waals surface area contributed by atoms with E-state index < -0.39 is 0 Å². The number of anilines is 2. The summed E-state index contributed by atoms with van der Waals surface area (Å²) >= 11 is 1.32. The standard InChI is InChI=1S/C13H22N4OS/c1-7(2)15-13-17-11(14)10(19-13)12(18)16-9-5-4-8(3)6-9/h7-9H,4-6,14H2,1-3H3,(H,15,17)(H,16,18). The van der Waals surface area contributed by atoms with Gasteiger partial charge in [-0.2, -0.15) is 0 Å². The molecule has 0 aliphatic heterocycles. The number of nitrogens with one attached hydrogen (secondary N) is 2. The molecule has 0 aromatic carbocycles. The van der Waals surface area contributed by atoms with E-state index in [1.54, 1.807) is 0 Å². The van der Waals surface area contributed by atoms with Gasteiger partial charge >= 0.3 is 0 Å². The number of amides is 1. The van der Waals surface area contributed by atoms with Crippen LogP contribution in [0.4, 0.5) is 10.9 Å². The van der Waals surface area contributed by atoms with Gasteiger partial charge in [0.25, 0.3) is 5.91 Å². The molecule has 0 spiro atoms. The van der Waals surface area contributed by atoms with Gasteiger partial charge in [0.2, 0.25) is 0 Å². The van der Waals surface area contributed by atoms with Crippen molar-refractivity contribution in [2.24, 2.45) is 5.92 Å². The molecule has 5 nitrogen and oxygen atoms in total. The van der Waals surface area contributed by atoms with Crippen LogP contribution >= 0.6 is 11.3 Å². The second-order valence-electron chi connectivity index (χ2n) is 5.62. The molecule has 6 heteroatoms. The molecule has 1 heterocycles. The summed E-state index contributed by atoms with van der Waals surface area (Å²) in [6.07, 6.45) is 3.30. The van der Waals surface area contributed by atoms with Crippen LogP contribution in [0.5, 0.6) is 0 Å². The second kappa shape index (κ2) is 5.77. The summed E-state index contributed by atoms with van der Waals surface area (Å²) in [5, 5.41) is 6.93. The summed E-state index contributed by atoms with van der Waals surface area (Å²) in [6, 6.07) is 0.558. The van der Waals surface area contributed by atoms with Crippen LogP contribution in [0.2, 0.25) is 0 Å². The summed E-state index contributed by atoms with van der Waals surface area (Å²) in [5.41, 5.74) is 5.82. The quantitative estimate of drug-likeness (QED) is 0.792. The van der Waals surface area contributed by atoms with Crippen molar-refractivity contribution < 1.29 is 4.79 Å². The zero-order chi connectivity index (χ0) is 14.0. The number of carbonyl (C=O) groups excluding carboxylic acids is 1. The molecule has 19 heavy (non-hydrogen) atoms. The van der Waals surface area contributed by atoms with Crippen LogP contribution in [0.15, 0.2) is 0 Å². The Labute approximate surface area is 118 Å². The van der Waals surface area contributed by atoms with Crippen LogP contribution in [0.1, 0.15) is 49.7 Å². The van der Waals surface area contributed by atoms with Crippen LogP contribution in [-0.4, -0.2) is 23.0 Å². The molecule has 2 atom stereocenters. The first-order chi connectivity index (χ1) is 8.95. The van der Waals surface area contributed by atoms with Crippen molar-refractivity contribution in [1.82, 2.24) is 10.3 Å². The highest BCUT2D eigenvalue weighted by molar-refractivity contribution is 7.18. The molecule has 1 aromatic heterocycles. The van der Waals surface area contributed by atoms with E-state index in [4.69, 9.17) is 5.73 Å². The zero-order valence-corrected chi connectivity index (χ0v) is 12.5. The number of hydrogen-bond acceptors (Lipinski definition) is 5. The van der Waals surface area contributed by atoms with Crippen molar-refractivity contribution in [3.8, 4) is 0 Å². The van der Waals surface area contributed by atoms with Crippen molar-refractivity contribution >= 4 is 28.2 Å². The number of nitrogens with two attached hydrogens (primary N) is 1. The van der Waals surface area contributed by atoms with E-state index in [0.717, 1.165) is 12.8 Å². The minimum atomic E-state index is -0.0918. The molecule has 2 unspecified atom stereocenters. The Morgan fingerprint density at radius 3 is 2.79 bits per heavy atom. The third kappa shape index (κ3) is 3.59. The Hall–Kier alpha value is -1.30. The molecular formula is C13H22N4OS. The molecule has 1 fully saturated rings. The van der Waals surface area contributed by atoms with Gasteiger partial charge in [-0.1, -0.05) is 18.3 Å². The van der Waals surface area contributed by atoms with Gasteiger partial charge < -0.3 is 16.4 Å². The maximum atomic E-state index is 12.2. The largest absolute Gasteiger partial charge is 0.382 e. The third-order valence-electron chi connectivity index (χ3n) is 3.30. The Bertz CT molecular complexity index is 457. The minimum absolute atomic E-state index is 0.0918. The molecule has 1 aromatic rings. The van der Waals surface area contributed by atoms with Gasteiger partial charge in [0.05, 0.1) is 0 Å². The molecule has 0 radical (unpaired) electrons. The lowest BCUT2D eigenvalue weighted by molar-refractivity contribution is 0.0942. The number of rotatable bonds is 4. The first kappa shape index (κ1) is 14.1. The average Bonchev–Trinajstić information content (AvgIpc) is 2.84. The van der Waals surface area contributed by atoms with Gasteiger partial charge in [-0.15, -0.1) is 0 Å². The van der Waals surface area contributed by atoms with Gasteiger partial charge in [0, 0.05) is 12.1 Å². The first-order valence-electron chi connectivity index (χ1n) is 6.79. The monoisotopic (exact) mass is 282 g/mol. The third-order valence-corrected chi connectivity index (χ3v) is 4.30. The van der Waals surface area contributed by atoms with Gasteiger partial charge in [0.15, 0.2) is 5.13 Å². The number of hydrogen-bond donors (Lipinski definition) is 3. The number of thiazole rings is 1. The fraction of sp³-hybridized carbons (Fsp3) is 0.692. The lowest BCUT2D eigenvalue weighted by Crippen LogP contribution is -2.32. The zero-order valence-electron chi connectivity index (χ0n) is 11.7. The van der Waals surface area contributed by atoms with Gasteiger partial charge in [0.1, 0.15) is 10.7 Å². The predicted molar refractivity (Wildman–Crippen MR) is 79.6 cm³/mol. The SMILES string of the molecule is CC1CCC(NC(=O)c2sc(NC(C)C)nc2N)C1. The van der Waals surface area contributed by atoms with Crippen molar-refractivity contribution in [2.75, 3.05) is 11.1 Å². The summed E-state index contributed by atoms with van der Waals surface area (Å²) in [4.78, 5) is 16.9. The van der Waals surface area contributed by atoms with E-state index in [1.165, 1.54) is 17.8 Å². The molecule has 4 N–H and O–H groups in total. The highest BCUT2D eigenvalue weighted by Gasteiger charge is 2.25. The molecular weight excluding hydrogens is 260 g/mol. The maximum absolute atomic E-state index is 12.2. The lowest BCUT2D eigenvalue weighted by Gasteiger charge is -2.11. The molecule has 0 saturated heterocycles. The normalized spacial score (nSPS) is 22.7. The van der Waals surface area contributed by atoms with Gasteiger partial charge in [-0.25, -0.2) is 4.98 Å². The number of aromatic nitrogens is 1. The predicted octanol–water partition coefficient (Wildman–Crippen LogP) is 2.46. The highest BCUT2D eigenvalue weighted by atomic mass is 32.1. The molecule has 1 aliphatic carbocycles. The minimum Gasteiger partial charge on any atom is -0.382 e. The lowest BCUT2D eigenvalue weighted by atomic mass is 10.1. The first-order valence-corrected chi connectivity index (χ1v) is 7.61. The number of nitrogen functional groups attached to an aromatic ring is 1. The van der Waals surface area contributed by atoms with Gasteiger partial charge in [-0.3, -0.25) is 4.79 Å². The van der Waals surface area contributed by atoms with Crippen LogP contribution in [0.3, 0.4) is 0 Å². The van der Waals surface area contributed by atoms with E-state index in [-0.39, 0.29) is 18.0 Å². The van der Waals surface area contributed by atoms with Crippen LogP contribution < -0.4 is 16.4 Å². The number of nitrogens with zero attached hydrogens (tertiary/aromatic N) is 1. The van der Waals surface area contributed by atoms with E-state index >= 15 is 0 Å². The molecule has 1 saturated carbocycles. The summed E-state index contributed by atoms with van der Waals surface area (Å²) < 4.78 is 0. The maximum Gasteiger partial charge on any atom is 0.265 e. The molecule has 106 valence electrons. The topological polar surface area (TPSA) is 80.0 Å². The van der Waals surface area contributed by atoms with Crippen LogP contribution in [-0.2, 0) is 0 Å². The molecule has 2 rings (SSSR count).